The molecule has 4 aromatic rings. The van der Waals surface area contributed by atoms with Gasteiger partial charge in [0.2, 0.25) is 0 Å². The molecule has 36 heavy (non-hydrogen) atoms. The molecule has 2 aromatic carbocycles. The molecular weight excluding hydrogens is 482 g/mol. The van der Waals surface area contributed by atoms with Crippen molar-refractivity contribution < 1.29 is 12.9 Å². The topological polar surface area (TPSA) is 148 Å². The fourth-order valence-electron chi connectivity index (χ4n) is 4.09. The second kappa shape index (κ2) is 11.9. The van der Waals surface area contributed by atoms with E-state index in [1.807, 2.05) is 54.6 Å². The number of aromatic amines is 1. The minimum atomic E-state index is -2.54. The van der Waals surface area contributed by atoms with Crippen molar-refractivity contribution in [2.45, 2.75) is 45.2 Å². The Morgan fingerprint density at radius 1 is 0.944 bits per heavy atom. The molecule has 0 aliphatic heterocycles. The SMILES string of the molecule is Nc1ccc(CCn2c(=O)n(CCCCCOS(=O)[O-])c(=O)c3[nH]c(Cc4ccccc4)nc32)cc1. The van der Waals surface area contributed by atoms with Crippen LogP contribution in [-0.4, -0.2) is 34.5 Å². The third kappa shape index (κ3) is 6.36. The van der Waals surface area contributed by atoms with Crippen LogP contribution in [0.25, 0.3) is 11.2 Å². The second-order valence-corrected chi connectivity index (χ2v) is 9.16. The molecule has 2 aromatic heterocycles. The van der Waals surface area contributed by atoms with Crippen LogP contribution in [0.5, 0.6) is 0 Å². The van der Waals surface area contributed by atoms with Gasteiger partial charge < -0.3 is 19.5 Å². The van der Waals surface area contributed by atoms with Crippen LogP contribution in [0.15, 0.2) is 64.2 Å². The number of rotatable bonds is 12. The Kier molecular flexibility index (Phi) is 8.47. The van der Waals surface area contributed by atoms with Gasteiger partial charge in [-0.25, -0.2) is 14.0 Å². The number of nitrogens with zero attached hydrogens (tertiary/aromatic N) is 3. The molecular formula is C25H28N5O5S-. The summed E-state index contributed by atoms with van der Waals surface area (Å²) in [5.74, 6) is 0.606. The van der Waals surface area contributed by atoms with Crippen LogP contribution in [0.2, 0.25) is 0 Å². The summed E-state index contributed by atoms with van der Waals surface area (Å²) in [4.78, 5) is 34.4. The number of anilines is 1. The lowest BCUT2D eigenvalue weighted by Gasteiger charge is -2.12. The van der Waals surface area contributed by atoms with Gasteiger partial charge in [0.25, 0.3) is 5.56 Å². The highest BCUT2D eigenvalue weighted by molar-refractivity contribution is 7.74. The number of nitrogen functional groups attached to an aromatic ring is 1. The summed E-state index contributed by atoms with van der Waals surface area (Å²) in [7, 11) is 0. The molecule has 1 atom stereocenters. The molecule has 0 spiro atoms. The maximum atomic E-state index is 13.4. The summed E-state index contributed by atoms with van der Waals surface area (Å²) in [5, 5.41) is 0. The highest BCUT2D eigenvalue weighted by atomic mass is 32.2. The van der Waals surface area contributed by atoms with Crippen molar-refractivity contribution in [3.8, 4) is 0 Å². The van der Waals surface area contributed by atoms with Gasteiger partial charge in [-0.3, -0.25) is 13.9 Å². The minimum absolute atomic E-state index is 0.0687. The molecule has 1 unspecified atom stereocenters. The molecule has 4 rings (SSSR count). The first-order valence-electron chi connectivity index (χ1n) is 11.8. The van der Waals surface area contributed by atoms with E-state index in [0.717, 1.165) is 11.1 Å². The summed E-state index contributed by atoms with van der Waals surface area (Å²) in [6.45, 7) is 0.626. The molecule has 0 radical (unpaired) electrons. The lowest BCUT2D eigenvalue weighted by Crippen LogP contribution is -2.40. The largest absolute Gasteiger partial charge is 0.750 e. The molecule has 190 valence electrons. The summed E-state index contributed by atoms with van der Waals surface area (Å²) >= 11 is -2.54. The van der Waals surface area contributed by atoms with Gasteiger partial charge in [0.15, 0.2) is 5.65 Å². The van der Waals surface area contributed by atoms with Crippen molar-refractivity contribution in [3.63, 3.8) is 0 Å². The number of H-pyrrole nitrogens is 1. The summed E-state index contributed by atoms with van der Waals surface area (Å²) in [6.07, 6.45) is 2.70. The van der Waals surface area contributed by atoms with Crippen molar-refractivity contribution in [3.05, 3.63) is 92.4 Å². The van der Waals surface area contributed by atoms with Crippen molar-refractivity contribution in [2.24, 2.45) is 0 Å². The number of hydrogen-bond donors (Lipinski definition) is 2. The lowest BCUT2D eigenvalue weighted by atomic mass is 10.1. The molecule has 0 fully saturated rings. The van der Waals surface area contributed by atoms with Gasteiger partial charge in [0.1, 0.15) is 11.3 Å². The predicted octanol–water partition coefficient (Wildman–Crippen LogP) is 2.28. The zero-order valence-electron chi connectivity index (χ0n) is 19.7. The van der Waals surface area contributed by atoms with Crippen molar-refractivity contribution >= 4 is 28.2 Å². The average Bonchev–Trinajstić information content (AvgIpc) is 3.28. The molecule has 11 heteroatoms. The van der Waals surface area contributed by atoms with Gasteiger partial charge in [-0.15, -0.1) is 0 Å². The quantitative estimate of drug-likeness (QED) is 0.169. The minimum Gasteiger partial charge on any atom is -0.750 e. The maximum absolute atomic E-state index is 13.4. The first-order valence-corrected chi connectivity index (χ1v) is 12.8. The second-order valence-electron chi connectivity index (χ2n) is 8.51. The van der Waals surface area contributed by atoms with Crippen molar-refractivity contribution in [2.75, 3.05) is 12.3 Å². The van der Waals surface area contributed by atoms with Gasteiger partial charge in [-0.1, -0.05) is 42.5 Å². The fraction of sp³-hybridized carbons (Fsp3) is 0.320. The number of nitrogens with one attached hydrogen (secondary N) is 1. The maximum Gasteiger partial charge on any atom is 0.332 e. The van der Waals surface area contributed by atoms with E-state index in [1.165, 1.54) is 4.57 Å². The van der Waals surface area contributed by atoms with E-state index in [-0.39, 0.29) is 13.2 Å². The average molecular weight is 511 g/mol. The Bertz CT molecular complexity index is 1440. The Morgan fingerprint density at radius 3 is 2.42 bits per heavy atom. The Labute approximate surface area is 210 Å². The van der Waals surface area contributed by atoms with E-state index >= 15 is 0 Å². The van der Waals surface area contributed by atoms with Gasteiger partial charge in [-0.2, -0.15) is 0 Å². The van der Waals surface area contributed by atoms with Gasteiger partial charge in [0.05, 0.1) is 18.0 Å². The smallest absolute Gasteiger partial charge is 0.332 e. The molecule has 0 saturated heterocycles. The molecule has 0 bridgehead atoms. The Hall–Kier alpha value is -3.54. The third-order valence-electron chi connectivity index (χ3n) is 5.93. The van der Waals surface area contributed by atoms with Gasteiger partial charge >= 0.3 is 5.69 Å². The molecule has 0 aliphatic carbocycles. The van der Waals surface area contributed by atoms with Crippen molar-refractivity contribution in [1.29, 1.82) is 0 Å². The van der Waals surface area contributed by atoms with Crippen LogP contribution >= 0.6 is 0 Å². The standard InChI is InChI=1S/C25H29N5O5S/c26-20-11-9-18(10-12-20)13-15-29-23-22(27-21(28-23)17-19-7-3-1-4-8-19)24(31)30(25(29)32)14-5-2-6-16-35-36(33)34/h1,3-4,7-12H,2,5-6,13-17,26H2,(H,27,28)(H,33,34)/p-1. The van der Waals surface area contributed by atoms with Gasteiger partial charge in [0, 0.05) is 25.2 Å². The number of imidazole rings is 1. The number of nitrogens with two attached hydrogens (primary N) is 1. The number of aromatic nitrogens is 4. The van der Waals surface area contributed by atoms with E-state index < -0.39 is 22.6 Å². The molecule has 2 heterocycles. The highest BCUT2D eigenvalue weighted by Crippen LogP contribution is 2.13. The Balaban J connectivity index is 1.62. The van der Waals surface area contributed by atoms with E-state index in [4.69, 9.17) is 5.73 Å². The highest BCUT2D eigenvalue weighted by Gasteiger charge is 2.17. The fourth-order valence-corrected chi connectivity index (χ4v) is 4.34. The van der Waals surface area contributed by atoms with Crippen LogP contribution in [0.3, 0.4) is 0 Å². The number of aryl methyl sites for hydroxylation is 2. The summed E-state index contributed by atoms with van der Waals surface area (Å²) in [6, 6.07) is 17.2. The Morgan fingerprint density at radius 2 is 1.69 bits per heavy atom. The monoisotopic (exact) mass is 510 g/mol. The van der Waals surface area contributed by atoms with E-state index in [0.29, 0.717) is 61.3 Å². The molecule has 10 nitrogen and oxygen atoms in total. The number of unbranched alkanes of at least 4 members (excludes halogenated alkanes) is 2. The lowest BCUT2D eigenvalue weighted by molar-refractivity contribution is 0.290. The first kappa shape index (κ1) is 25.5. The predicted molar refractivity (Wildman–Crippen MR) is 137 cm³/mol. The van der Waals surface area contributed by atoms with Crippen LogP contribution in [0.4, 0.5) is 5.69 Å². The van der Waals surface area contributed by atoms with Crippen molar-refractivity contribution in [1.82, 2.24) is 19.1 Å². The summed E-state index contributed by atoms with van der Waals surface area (Å²) < 4.78 is 28.2. The van der Waals surface area contributed by atoms with Crippen LogP contribution in [0.1, 0.15) is 36.2 Å². The number of benzene rings is 2. The third-order valence-corrected chi connectivity index (χ3v) is 6.29. The number of hydrogen-bond acceptors (Lipinski definition) is 7. The van der Waals surface area contributed by atoms with E-state index in [2.05, 4.69) is 14.2 Å². The molecule has 3 N–H and O–H groups in total. The first-order chi connectivity index (χ1) is 17.4. The molecule has 0 saturated carbocycles. The summed E-state index contributed by atoms with van der Waals surface area (Å²) in [5.41, 5.74) is 8.29. The normalized spacial score (nSPS) is 12.2. The van der Waals surface area contributed by atoms with Crippen LogP contribution in [-0.2, 0) is 41.5 Å². The zero-order chi connectivity index (χ0) is 25.5. The van der Waals surface area contributed by atoms with Crippen LogP contribution < -0.4 is 17.0 Å². The van der Waals surface area contributed by atoms with Crippen LogP contribution in [0, 0.1) is 0 Å². The molecule has 0 amide bonds. The van der Waals surface area contributed by atoms with E-state index in [9.17, 15) is 18.4 Å². The van der Waals surface area contributed by atoms with Gasteiger partial charge in [-0.05, 0) is 48.9 Å². The number of fused-ring (bicyclic) bond motifs is 1. The molecule has 0 aliphatic rings. The zero-order valence-corrected chi connectivity index (χ0v) is 20.5. The van der Waals surface area contributed by atoms with E-state index in [1.54, 1.807) is 4.57 Å².